The fourth-order valence-corrected chi connectivity index (χ4v) is 1.56. The van der Waals surface area contributed by atoms with Gasteiger partial charge in [-0.1, -0.05) is 0 Å². The van der Waals surface area contributed by atoms with Crippen molar-refractivity contribution in [2.45, 2.75) is 0 Å². The molecule has 0 atom stereocenters. The van der Waals surface area contributed by atoms with Crippen molar-refractivity contribution in [2.75, 3.05) is 0 Å². The molecule has 0 fully saturated rings. The van der Waals surface area contributed by atoms with E-state index in [4.69, 9.17) is 0 Å². The van der Waals surface area contributed by atoms with Gasteiger partial charge in [0.25, 0.3) is 0 Å². The first-order valence-electron chi connectivity index (χ1n) is 3.97. The molecule has 13 heavy (non-hydrogen) atoms. The van der Waals surface area contributed by atoms with Gasteiger partial charge in [-0.15, -0.1) is 0 Å². The molecule has 0 heterocycles. The molecule has 0 saturated heterocycles. The van der Waals surface area contributed by atoms with Crippen LogP contribution in [0.5, 0.6) is 0 Å². The van der Waals surface area contributed by atoms with E-state index >= 15 is 0 Å². The molecule has 1 nitrogen and oxygen atoms in total. The molecule has 0 saturated carbocycles. The van der Waals surface area contributed by atoms with Gasteiger partial charge in [-0.2, -0.15) is 0 Å². The topological polar surface area (TPSA) is 12.4 Å². The number of aliphatic imine (C=N–C) groups is 1. The van der Waals surface area contributed by atoms with Crippen LogP contribution in [0.15, 0.2) is 47.5 Å². The van der Waals surface area contributed by atoms with Gasteiger partial charge in [-0.3, -0.25) is 0 Å². The summed E-state index contributed by atoms with van der Waals surface area (Å²) >= 11 is 2.64. The van der Waals surface area contributed by atoms with Gasteiger partial charge in [-0.25, -0.2) is 0 Å². The second-order valence-corrected chi connectivity index (χ2v) is 3.08. The molecule has 0 amide bonds. The fourth-order valence-electron chi connectivity index (χ4n) is 1.35. The normalized spacial score (nSPS) is 9.54. The first kappa shape index (κ1) is 8.40. The second kappa shape index (κ2) is 3.67. The number of hydrogen-bond acceptors (Lipinski definition) is 1. The van der Waals surface area contributed by atoms with E-state index in [1.165, 1.54) is 5.39 Å². The maximum atomic E-state index is 4.13. The molecule has 0 aliphatic carbocycles. The quantitative estimate of drug-likeness (QED) is 0.529. The molecule has 2 heteroatoms. The third kappa shape index (κ3) is 1.61. The van der Waals surface area contributed by atoms with Gasteiger partial charge in [0.1, 0.15) is 0 Å². The van der Waals surface area contributed by atoms with Crippen LogP contribution in [-0.4, -0.2) is 20.3 Å². The van der Waals surface area contributed by atoms with Crippen LogP contribution in [0.2, 0.25) is 0 Å². The van der Waals surface area contributed by atoms with Gasteiger partial charge in [0, 0.05) is 0 Å². The van der Waals surface area contributed by atoms with Crippen molar-refractivity contribution in [2.24, 2.45) is 4.99 Å². The number of nitrogens with zero attached hydrogens (tertiary/aromatic N) is 1. The zero-order valence-corrected chi connectivity index (χ0v) is 8.61. The number of fused-ring (bicyclic) bond motifs is 1. The molecule has 2 aromatic carbocycles. The maximum absolute atomic E-state index is 4.13. The molecule has 0 unspecified atom stereocenters. The Morgan fingerprint density at radius 3 is 2.62 bits per heavy atom. The summed E-state index contributed by atoms with van der Waals surface area (Å²) in [5, 5.41) is 2.37. The summed E-state index contributed by atoms with van der Waals surface area (Å²) in [5.41, 5.74) is 0.955. The van der Waals surface area contributed by atoms with E-state index in [0.717, 1.165) is 11.1 Å². The molecule has 0 radical (unpaired) electrons. The summed E-state index contributed by atoms with van der Waals surface area (Å²) in [7, 11) is 0. The van der Waals surface area contributed by atoms with Crippen LogP contribution in [0.3, 0.4) is 0 Å². The van der Waals surface area contributed by atoms with E-state index < -0.39 is 0 Å². The van der Waals surface area contributed by atoms with Gasteiger partial charge >= 0.3 is 84.2 Å². The minimum atomic E-state index is 0.955. The first-order valence-corrected chi connectivity index (χ1v) is 4.83. The zero-order chi connectivity index (χ0) is 9.10. The summed E-state index contributed by atoms with van der Waals surface area (Å²) in [6.45, 7) is 0. The Bertz CT molecular complexity index is 479. The van der Waals surface area contributed by atoms with Gasteiger partial charge in [0.05, 0.1) is 0 Å². The number of rotatable bonds is 1. The van der Waals surface area contributed by atoms with Gasteiger partial charge in [-0.05, 0) is 0 Å². The first-order chi connectivity index (χ1) is 6.42. The Hall–Kier alpha value is -1.20. The zero-order valence-electron chi connectivity index (χ0n) is 6.90. The molecule has 0 bridgehead atoms. The van der Waals surface area contributed by atoms with Crippen molar-refractivity contribution in [1.29, 1.82) is 0 Å². The molecule has 0 aliphatic heterocycles. The Balaban J connectivity index is 2.82. The van der Waals surface area contributed by atoms with E-state index in [2.05, 4.69) is 43.5 Å². The van der Waals surface area contributed by atoms with Crippen molar-refractivity contribution in [3.05, 3.63) is 42.5 Å². The van der Waals surface area contributed by atoms with Crippen molar-refractivity contribution in [3.8, 4) is 0 Å². The summed E-state index contributed by atoms with van der Waals surface area (Å²) in [5.74, 6) is 0. The van der Waals surface area contributed by atoms with Crippen LogP contribution in [0.4, 0.5) is 5.69 Å². The molecule has 62 valence electrons. The van der Waals surface area contributed by atoms with E-state index in [0.29, 0.717) is 0 Å². The molecule has 2 rings (SSSR count). The van der Waals surface area contributed by atoms with Crippen LogP contribution < -0.4 is 0 Å². The van der Waals surface area contributed by atoms with E-state index in [1.54, 1.807) is 0 Å². The molecule has 2 aromatic rings. The molecular formula is C11H7NSe. The predicted octanol–water partition coefficient (Wildman–Crippen LogP) is 2.55. The Morgan fingerprint density at radius 2 is 1.77 bits per heavy atom. The van der Waals surface area contributed by atoms with Crippen LogP contribution in [0, 0.1) is 0 Å². The van der Waals surface area contributed by atoms with Crippen LogP contribution in [0.1, 0.15) is 0 Å². The monoisotopic (exact) mass is 233 g/mol. The molecular weight excluding hydrogens is 225 g/mol. The van der Waals surface area contributed by atoms with Crippen molar-refractivity contribution < 1.29 is 0 Å². The standard InChI is InChI=1S/C11H7NSe/c13-8-12-11-7-3-5-9-4-1-2-6-10(9)11/h1-7H. The minimum absolute atomic E-state index is 0.955. The number of hydrogen-bond donors (Lipinski definition) is 0. The van der Waals surface area contributed by atoms with Crippen LogP contribution >= 0.6 is 0 Å². The van der Waals surface area contributed by atoms with Crippen molar-refractivity contribution >= 4 is 36.7 Å². The average molecular weight is 232 g/mol. The van der Waals surface area contributed by atoms with Gasteiger partial charge < -0.3 is 0 Å². The summed E-state index contributed by atoms with van der Waals surface area (Å²) in [4.78, 5) is 4.13. The number of benzene rings is 2. The second-order valence-electron chi connectivity index (χ2n) is 2.70. The Kier molecular flexibility index (Phi) is 2.37. The van der Waals surface area contributed by atoms with Crippen LogP contribution in [0.25, 0.3) is 10.8 Å². The average Bonchev–Trinajstić information content (AvgIpc) is 2.19. The van der Waals surface area contributed by atoms with Crippen molar-refractivity contribution in [1.82, 2.24) is 0 Å². The summed E-state index contributed by atoms with van der Waals surface area (Å²) < 4.78 is 2.68. The Labute approximate surface area is 84.5 Å². The summed E-state index contributed by atoms with van der Waals surface area (Å²) in [6.07, 6.45) is 0. The molecule has 0 aliphatic rings. The predicted molar refractivity (Wildman–Crippen MR) is 56.8 cm³/mol. The third-order valence-electron chi connectivity index (χ3n) is 1.93. The van der Waals surface area contributed by atoms with Crippen molar-refractivity contribution in [3.63, 3.8) is 0 Å². The van der Waals surface area contributed by atoms with E-state index in [1.807, 2.05) is 24.3 Å². The van der Waals surface area contributed by atoms with Gasteiger partial charge in [0.2, 0.25) is 0 Å². The van der Waals surface area contributed by atoms with E-state index in [9.17, 15) is 0 Å². The fraction of sp³-hybridized carbons (Fsp3) is 0. The van der Waals surface area contributed by atoms with Crippen LogP contribution in [-0.2, 0) is 0 Å². The molecule has 0 N–H and O–H groups in total. The van der Waals surface area contributed by atoms with Gasteiger partial charge in [0.15, 0.2) is 0 Å². The molecule has 0 aromatic heterocycles. The van der Waals surface area contributed by atoms with E-state index in [-0.39, 0.29) is 0 Å². The SMILES string of the molecule is [Se]=C=Nc1cccc2ccccc12. The summed E-state index contributed by atoms with van der Waals surface area (Å²) in [6, 6.07) is 14.2. The Morgan fingerprint density at radius 1 is 1.00 bits per heavy atom. The molecule has 0 spiro atoms. The third-order valence-corrected chi connectivity index (χ3v) is 2.12.